The van der Waals surface area contributed by atoms with Gasteiger partial charge in [0.15, 0.2) is 0 Å². The molecule has 6 aromatic rings. The Kier molecular flexibility index (Phi) is 9.28. The number of hydrogen-bond donors (Lipinski definition) is 4. The summed E-state index contributed by atoms with van der Waals surface area (Å²) in [6.07, 6.45) is 0. The molecule has 0 radical (unpaired) electrons. The lowest BCUT2D eigenvalue weighted by atomic mass is 9.84. The van der Waals surface area contributed by atoms with Crippen LogP contribution < -0.4 is 0 Å². The molecule has 0 saturated carbocycles. The number of carbonyl (C=O) groups is 2. The fourth-order valence-corrected chi connectivity index (χ4v) is 7.39. The summed E-state index contributed by atoms with van der Waals surface area (Å²) in [7, 11) is 0. The van der Waals surface area contributed by atoms with E-state index in [1.807, 2.05) is 13.8 Å². The van der Waals surface area contributed by atoms with E-state index in [1.165, 1.54) is 46.5 Å². The molecule has 0 atom stereocenters. The quantitative estimate of drug-likeness (QED) is 0.133. The number of phenols is 2. The van der Waals surface area contributed by atoms with Gasteiger partial charge in [-0.15, -0.1) is 0 Å². The highest BCUT2D eigenvalue weighted by atomic mass is 16.4. The zero-order valence-electron chi connectivity index (χ0n) is 30.7. The van der Waals surface area contributed by atoms with Crippen LogP contribution in [0.3, 0.4) is 0 Å². The van der Waals surface area contributed by atoms with Gasteiger partial charge in [0, 0.05) is 0 Å². The van der Waals surface area contributed by atoms with Gasteiger partial charge >= 0.3 is 11.9 Å². The van der Waals surface area contributed by atoms with E-state index in [0.717, 1.165) is 77.9 Å². The first-order chi connectivity index (χ1) is 24.5. The lowest BCUT2D eigenvalue weighted by Gasteiger charge is -2.20. The Bertz CT molecular complexity index is 2300. The highest BCUT2D eigenvalue weighted by molar-refractivity contribution is 5.93. The standard InChI is InChI=1S/C46H42O6/c1-23-15-37(25(3)13-35(23)31-9-11-33(45(49)50)43(47)21-31)39-17-29(7)41(19-27(39)5)42-20-28(6)40(18-30(42)8)38-16-24(2)36(14-26(38)4)32-10-12-34(46(51)52)44(48)22-32/h9-22,47-48H,1-8H3,(H,49,50)(H,51,52). The van der Waals surface area contributed by atoms with Crippen molar-refractivity contribution in [1.29, 1.82) is 0 Å². The van der Waals surface area contributed by atoms with E-state index < -0.39 is 11.9 Å². The number of hydrogen-bond acceptors (Lipinski definition) is 4. The highest BCUT2D eigenvalue weighted by Gasteiger charge is 2.19. The topological polar surface area (TPSA) is 115 Å². The third kappa shape index (κ3) is 6.44. The second-order valence-corrected chi connectivity index (χ2v) is 14.0. The van der Waals surface area contributed by atoms with Crippen LogP contribution in [0.15, 0.2) is 84.9 Å². The first-order valence-electron chi connectivity index (χ1n) is 17.1. The molecule has 4 N–H and O–H groups in total. The van der Waals surface area contributed by atoms with E-state index in [1.54, 1.807) is 12.1 Å². The summed E-state index contributed by atoms with van der Waals surface area (Å²) in [6.45, 7) is 16.8. The second-order valence-electron chi connectivity index (χ2n) is 14.0. The minimum absolute atomic E-state index is 0.119. The van der Waals surface area contributed by atoms with E-state index in [4.69, 9.17) is 0 Å². The monoisotopic (exact) mass is 690 g/mol. The molecule has 0 aliphatic carbocycles. The number of aromatic hydroxyl groups is 2. The molecule has 0 heterocycles. The van der Waals surface area contributed by atoms with Crippen LogP contribution in [-0.4, -0.2) is 32.4 Å². The van der Waals surface area contributed by atoms with Crippen molar-refractivity contribution < 1.29 is 30.0 Å². The van der Waals surface area contributed by atoms with Gasteiger partial charge in [-0.3, -0.25) is 0 Å². The maximum absolute atomic E-state index is 11.4. The molecular weight excluding hydrogens is 649 g/mol. The van der Waals surface area contributed by atoms with Crippen molar-refractivity contribution in [3.63, 3.8) is 0 Å². The molecule has 6 nitrogen and oxygen atoms in total. The van der Waals surface area contributed by atoms with Crippen molar-refractivity contribution in [3.05, 3.63) is 141 Å². The van der Waals surface area contributed by atoms with E-state index in [9.17, 15) is 30.0 Å². The van der Waals surface area contributed by atoms with Crippen molar-refractivity contribution in [2.75, 3.05) is 0 Å². The Hall–Kier alpha value is -6.14. The lowest BCUT2D eigenvalue weighted by molar-refractivity contribution is 0.0682. The Morgan fingerprint density at radius 1 is 0.346 bits per heavy atom. The SMILES string of the molecule is Cc1cc(-c2cc(C)c(-c3cc(C)c(-c4cc(C)c(-c5ccc(C(=O)O)c(O)c5)cc4C)cc3C)cc2C)c(C)cc1-c1ccc(C(=O)O)c(O)c1. The fourth-order valence-electron chi connectivity index (χ4n) is 7.39. The highest BCUT2D eigenvalue weighted by Crippen LogP contribution is 2.41. The molecule has 0 unspecified atom stereocenters. The Balaban J connectivity index is 1.34. The zero-order chi connectivity index (χ0) is 37.8. The molecule has 52 heavy (non-hydrogen) atoms. The maximum Gasteiger partial charge on any atom is 0.339 e. The number of rotatable bonds is 7. The lowest BCUT2D eigenvalue weighted by Crippen LogP contribution is -1.98. The first-order valence-corrected chi connectivity index (χ1v) is 17.1. The van der Waals surface area contributed by atoms with Crippen LogP contribution in [0.2, 0.25) is 0 Å². The molecule has 0 spiro atoms. The largest absolute Gasteiger partial charge is 0.507 e. The van der Waals surface area contributed by atoms with Gasteiger partial charge in [0.1, 0.15) is 22.6 Å². The molecule has 6 rings (SSSR count). The van der Waals surface area contributed by atoms with Crippen LogP contribution >= 0.6 is 0 Å². The summed E-state index contributed by atoms with van der Waals surface area (Å²) in [4.78, 5) is 22.8. The third-order valence-corrected chi connectivity index (χ3v) is 10.2. The van der Waals surface area contributed by atoms with E-state index in [-0.39, 0.29) is 22.6 Å². The molecule has 0 bridgehead atoms. The average molecular weight is 691 g/mol. The van der Waals surface area contributed by atoms with Crippen molar-refractivity contribution in [2.45, 2.75) is 55.4 Å². The van der Waals surface area contributed by atoms with Gasteiger partial charge in [-0.1, -0.05) is 60.7 Å². The van der Waals surface area contributed by atoms with Crippen LogP contribution in [0, 0.1) is 55.4 Å². The Morgan fingerprint density at radius 2 is 0.558 bits per heavy atom. The summed E-state index contributed by atoms with van der Waals surface area (Å²) in [6, 6.07) is 27.0. The van der Waals surface area contributed by atoms with Gasteiger partial charge in [-0.25, -0.2) is 9.59 Å². The second kappa shape index (κ2) is 13.5. The number of aromatic carboxylic acids is 2. The van der Waals surface area contributed by atoms with E-state index in [0.29, 0.717) is 0 Å². The summed E-state index contributed by atoms with van der Waals surface area (Å²) < 4.78 is 0. The van der Waals surface area contributed by atoms with E-state index in [2.05, 4.69) is 90.1 Å². The predicted octanol–water partition coefficient (Wildman–Crippen LogP) is 11.3. The van der Waals surface area contributed by atoms with Crippen LogP contribution in [0.4, 0.5) is 0 Å². The summed E-state index contributed by atoms with van der Waals surface area (Å²) in [5.74, 6) is -2.82. The molecule has 0 amide bonds. The molecule has 0 aliphatic rings. The molecule has 0 aliphatic heterocycles. The van der Waals surface area contributed by atoms with Crippen LogP contribution in [-0.2, 0) is 0 Å². The molecule has 6 heteroatoms. The van der Waals surface area contributed by atoms with Crippen LogP contribution in [0.25, 0.3) is 55.6 Å². The molecular formula is C46H42O6. The van der Waals surface area contributed by atoms with Gasteiger partial charge in [-0.05, 0) is 180 Å². The summed E-state index contributed by atoms with van der Waals surface area (Å²) in [5, 5.41) is 39.3. The molecule has 0 fully saturated rings. The molecule has 0 saturated heterocycles. The van der Waals surface area contributed by atoms with Crippen molar-refractivity contribution in [3.8, 4) is 67.1 Å². The van der Waals surface area contributed by atoms with Crippen molar-refractivity contribution in [2.24, 2.45) is 0 Å². The molecule has 6 aromatic carbocycles. The Morgan fingerprint density at radius 3 is 0.769 bits per heavy atom. The number of aryl methyl sites for hydroxylation is 8. The fraction of sp³-hybridized carbons (Fsp3) is 0.174. The smallest absolute Gasteiger partial charge is 0.339 e. The normalized spacial score (nSPS) is 11.2. The van der Waals surface area contributed by atoms with Gasteiger partial charge in [-0.2, -0.15) is 0 Å². The predicted molar refractivity (Wildman–Crippen MR) is 209 cm³/mol. The van der Waals surface area contributed by atoms with E-state index >= 15 is 0 Å². The van der Waals surface area contributed by atoms with Gasteiger partial charge < -0.3 is 20.4 Å². The minimum atomic E-state index is -1.16. The van der Waals surface area contributed by atoms with Gasteiger partial charge in [0.25, 0.3) is 0 Å². The number of carboxylic acid groups (broad SMARTS) is 2. The van der Waals surface area contributed by atoms with Crippen LogP contribution in [0.1, 0.15) is 65.2 Å². The first kappa shape index (κ1) is 35.7. The average Bonchev–Trinajstić information content (AvgIpc) is 3.08. The summed E-state index contributed by atoms with van der Waals surface area (Å²) >= 11 is 0. The van der Waals surface area contributed by atoms with Crippen LogP contribution in [0.5, 0.6) is 11.5 Å². The van der Waals surface area contributed by atoms with Gasteiger partial charge in [0.2, 0.25) is 0 Å². The zero-order valence-corrected chi connectivity index (χ0v) is 30.7. The minimum Gasteiger partial charge on any atom is -0.507 e. The molecule has 0 aromatic heterocycles. The van der Waals surface area contributed by atoms with Gasteiger partial charge in [0.05, 0.1) is 0 Å². The van der Waals surface area contributed by atoms with Crippen molar-refractivity contribution in [1.82, 2.24) is 0 Å². The Labute approximate surface area is 304 Å². The third-order valence-electron chi connectivity index (χ3n) is 10.2. The number of benzene rings is 6. The summed E-state index contributed by atoms with van der Waals surface area (Å²) in [5.41, 5.74) is 19.0. The molecule has 262 valence electrons. The number of carboxylic acids is 2. The van der Waals surface area contributed by atoms with Crippen molar-refractivity contribution >= 4 is 11.9 Å². The maximum atomic E-state index is 11.4.